The Bertz CT molecular complexity index is 310. The summed E-state index contributed by atoms with van der Waals surface area (Å²) in [6.07, 6.45) is 0.121. The maximum Gasteiger partial charge on any atom is 0.274 e. The van der Waals surface area contributed by atoms with Gasteiger partial charge in [-0.15, -0.1) is 0 Å². The van der Waals surface area contributed by atoms with Gasteiger partial charge in [-0.2, -0.15) is 8.42 Å². The van der Waals surface area contributed by atoms with E-state index in [1.807, 2.05) is 0 Å². The van der Waals surface area contributed by atoms with Crippen LogP contribution in [-0.4, -0.2) is 52.1 Å². The lowest BCUT2D eigenvalue weighted by Gasteiger charge is -2.26. The van der Waals surface area contributed by atoms with Crippen LogP contribution in [0.15, 0.2) is 0 Å². The lowest BCUT2D eigenvalue weighted by Crippen LogP contribution is -2.42. The van der Waals surface area contributed by atoms with Crippen molar-refractivity contribution < 1.29 is 17.9 Å². The summed E-state index contributed by atoms with van der Waals surface area (Å²) in [4.78, 5) is 13.1. The highest BCUT2D eigenvalue weighted by Gasteiger charge is 2.16. The third-order valence-electron chi connectivity index (χ3n) is 2.01. The van der Waals surface area contributed by atoms with Crippen molar-refractivity contribution in [1.82, 2.24) is 9.62 Å². The number of nitrogens with two attached hydrogens (primary N) is 1. The number of rotatable bonds is 4. The third kappa shape index (κ3) is 5.07. The molecule has 3 N–H and O–H groups in total. The Morgan fingerprint density at radius 2 is 2.00 bits per heavy atom. The summed E-state index contributed by atoms with van der Waals surface area (Å²) in [6.45, 7) is 2.24. The van der Waals surface area contributed by atoms with Crippen molar-refractivity contribution in [3.8, 4) is 0 Å². The van der Waals surface area contributed by atoms with Crippen LogP contribution in [0.25, 0.3) is 0 Å². The van der Waals surface area contributed by atoms with E-state index in [1.165, 1.54) is 0 Å². The maximum absolute atomic E-state index is 11.5. The lowest BCUT2D eigenvalue weighted by molar-refractivity contribution is -0.135. The number of morpholine rings is 1. The molecule has 0 aromatic carbocycles. The van der Waals surface area contributed by atoms with E-state index < -0.39 is 10.2 Å². The first-order valence-electron chi connectivity index (χ1n) is 4.62. The molecule has 0 spiro atoms. The molecule has 15 heavy (non-hydrogen) atoms. The van der Waals surface area contributed by atoms with Crippen LogP contribution in [0, 0.1) is 0 Å². The van der Waals surface area contributed by atoms with E-state index in [9.17, 15) is 13.2 Å². The van der Waals surface area contributed by atoms with Gasteiger partial charge in [-0.25, -0.2) is 9.86 Å². The highest BCUT2D eigenvalue weighted by Crippen LogP contribution is 1.99. The van der Waals surface area contributed by atoms with Gasteiger partial charge in [-0.1, -0.05) is 0 Å². The molecular formula is C7H15N3O4S. The molecule has 1 rings (SSSR count). The van der Waals surface area contributed by atoms with Gasteiger partial charge in [0.05, 0.1) is 13.2 Å². The van der Waals surface area contributed by atoms with Crippen molar-refractivity contribution in [1.29, 1.82) is 0 Å². The second-order valence-electron chi connectivity index (χ2n) is 3.18. The van der Waals surface area contributed by atoms with Gasteiger partial charge in [0.1, 0.15) is 0 Å². The average molecular weight is 237 g/mol. The van der Waals surface area contributed by atoms with Crippen molar-refractivity contribution in [3.05, 3.63) is 0 Å². The molecule has 1 aliphatic heterocycles. The number of hydrogen-bond acceptors (Lipinski definition) is 4. The summed E-state index contributed by atoms with van der Waals surface area (Å²) in [5, 5.41) is 4.72. The van der Waals surface area contributed by atoms with E-state index >= 15 is 0 Å². The fraction of sp³-hybridized carbons (Fsp3) is 0.857. The van der Waals surface area contributed by atoms with E-state index in [2.05, 4.69) is 4.72 Å². The van der Waals surface area contributed by atoms with Crippen LogP contribution >= 0.6 is 0 Å². The van der Waals surface area contributed by atoms with Crippen LogP contribution in [0.4, 0.5) is 0 Å². The predicted octanol–water partition coefficient (Wildman–Crippen LogP) is -1.97. The van der Waals surface area contributed by atoms with Crippen LogP contribution in [0.2, 0.25) is 0 Å². The molecule has 0 radical (unpaired) electrons. The molecule has 1 saturated heterocycles. The monoisotopic (exact) mass is 237 g/mol. The Balaban J connectivity index is 2.23. The average Bonchev–Trinajstić information content (AvgIpc) is 2.17. The molecule has 7 nitrogen and oxygen atoms in total. The topological polar surface area (TPSA) is 102 Å². The summed E-state index contributed by atoms with van der Waals surface area (Å²) in [6, 6.07) is 0. The Morgan fingerprint density at radius 1 is 1.40 bits per heavy atom. The summed E-state index contributed by atoms with van der Waals surface area (Å²) in [5.74, 6) is -0.0885. The quantitative estimate of drug-likeness (QED) is 0.592. The van der Waals surface area contributed by atoms with Crippen LogP contribution in [-0.2, 0) is 19.7 Å². The largest absolute Gasteiger partial charge is 0.378 e. The summed E-state index contributed by atoms with van der Waals surface area (Å²) in [7, 11) is -3.70. The van der Waals surface area contributed by atoms with Crippen molar-refractivity contribution in [2.75, 3.05) is 32.8 Å². The predicted molar refractivity (Wildman–Crippen MR) is 53.1 cm³/mol. The number of nitrogens with one attached hydrogen (secondary N) is 1. The highest BCUT2D eigenvalue weighted by molar-refractivity contribution is 7.87. The lowest BCUT2D eigenvalue weighted by atomic mass is 10.3. The molecule has 0 unspecified atom stereocenters. The Labute approximate surface area is 88.7 Å². The van der Waals surface area contributed by atoms with Crippen LogP contribution in [0.5, 0.6) is 0 Å². The summed E-state index contributed by atoms with van der Waals surface area (Å²) < 4.78 is 28.2. The first-order chi connectivity index (χ1) is 6.99. The van der Waals surface area contributed by atoms with Gasteiger partial charge in [0, 0.05) is 26.1 Å². The van der Waals surface area contributed by atoms with Gasteiger partial charge in [-0.05, 0) is 0 Å². The van der Waals surface area contributed by atoms with Crippen LogP contribution in [0.3, 0.4) is 0 Å². The molecule has 1 fully saturated rings. The minimum atomic E-state index is -3.70. The molecule has 0 aromatic rings. The molecule has 0 atom stereocenters. The maximum atomic E-state index is 11.5. The molecule has 0 bridgehead atoms. The van der Waals surface area contributed by atoms with E-state index in [-0.39, 0.29) is 18.9 Å². The Hall–Kier alpha value is -0.700. The zero-order valence-electron chi connectivity index (χ0n) is 8.31. The number of carbonyl (C=O) groups excluding carboxylic acids is 1. The summed E-state index contributed by atoms with van der Waals surface area (Å²) in [5.41, 5.74) is 0. The molecule has 88 valence electrons. The number of hydrogen-bond donors (Lipinski definition) is 2. The Morgan fingerprint density at radius 3 is 2.53 bits per heavy atom. The summed E-state index contributed by atoms with van der Waals surface area (Å²) >= 11 is 0. The number of nitrogens with zero attached hydrogens (tertiary/aromatic N) is 1. The van der Waals surface area contributed by atoms with Crippen molar-refractivity contribution >= 4 is 16.1 Å². The molecule has 1 heterocycles. The molecule has 1 aliphatic rings. The van der Waals surface area contributed by atoms with Gasteiger partial charge in [0.2, 0.25) is 5.91 Å². The van der Waals surface area contributed by atoms with Gasteiger partial charge < -0.3 is 9.64 Å². The van der Waals surface area contributed by atoms with E-state index in [0.717, 1.165) is 0 Å². The minimum Gasteiger partial charge on any atom is -0.378 e. The van der Waals surface area contributed by atoms with Gasteiger partial charge in [0.15, 0.2) is 0 Å². The highest BCUT2D eigenvalue weighted by atomic mass is 32.2. The SMILES string of the molecule is NS(=O)(=O)NCCC(=O)N1CCOCC1. The molecule has 8 heteroatoms. The fourth-order valence-electron chi connectivity index (χ4n) is 1.27. The van der Waals surface area contributed by atoms with Gasteiger partial charge >= 0.3 is 0 Å². The van der Waals surface area contributed by atoms with E-state index in [4.69, 9.17) is 9.88 Å². The Kier molecular flexibility index (Phi) is 4.45. The van der Waals surface area contributed by atoms with Gasteiger partial charge in [0.25, 0.3) is 10.2 Å². The van der Waals surface area contributed by atoms with Crippen LogP contribution in [0.1, 0.15) is 6.42 Å². The fourth-order valence-corrected chi connectivity index (χ4v) is 1.66. The third-order valence-corrected chi connectivity index (χ3v) is 2.61. The van der Waals surface area contributed by atoms with Crippen molar-refractivity contribution in [2.45, 2.75) is 6.42 Å². The van der Waals surface area contributed by atoms with E-state index in [1.54, 1.807) is 4.90 Å². The number of carbonyl (C=O) groups is 1. The minimum absolute atomic E-state index is 0.0367. The first kappa shape index (κ1) is 12.4. The molecule has 1 amide bonds. The van der Waals surface area contributed by atoms with Crippen molar-refractivity contribution in [2.24, 2.45) is 5.14 Å². The molecule has 0 aliphatic carbocycles. The second-order valence-corrected chi connectivity index (χ2v) is 4.56. The smallest absolute Gasteiger partial charge is 0.274 e. The number of ether oxygens (including phenoxy) is 1. The normalized spacial score (nSPS) is 17.8. The molecular weight excluding hydrogens is 222 g/mol. The second kappa shape index (κ2) is 5.40. The zero-order chi connectivity index (χ0) is 11.3. The van der Waals surface area contributed by atoms with E-state index in [0.29, 0.717) is 26.3 Å². The standard InChI is InChI=1S/C7H15N3O4S/c8-15(12,13)9-2-1-7(11)10-3-5-14-6-4-10/h9H,1-6H2,(H2,8,12,13). The molecule has 0 aromatic heterocycles. The van der Waals surface area contributed by atoms with Gasteiger partial charge in [-0.3, -0.25) is 4.79 Å². The molecule has 0 saturated carbocycles. The first-order valence-corrected chi connectivity index (χ1v) is 6.16. The van der Waals surface area contributed by atoms with Crippen LogP contribution < -0.4 is 9.86 Å². The van der Waals surface area contributed by atoms with Crippen molar-refractivity contribution in [3.63, 3.8) is 0 Å². The number of amides is 1. The zero-order valence-corrected chi connectivity index (χ0v) is 9.12.